The second-order valence-electron chi connectivity index (χ2n) is 3.27. The third-order valence-corrected chi connectivity index (χ3v) is 2.26. The number of nitrogens with two attached hydrogens (primary N) is 1. The minimum atomic E-state index is -0.455. The molecule has 0 aromatic heterocycles. The standard InChI is InChI=1S/C11H16FNO2/c1-7-6-8(4-5-13)11(15-3)9(12)10(7)14-2/h6H,4-5,13H2,1-3H3. The number of rotatable bonds is 4. The van der Waals surface area contributed by atoms with Crippen LogP contribution in [-0.2, 0) is 6.42 Å². The minimum Gasteiger partial charge on any atom is -0.493 e. The molecule has 0 aliphatic heterocycles. The zero-order chi connectivity index (χ0) is 11.4. The smallest absolute Gasteiger partial charge is 0.207 e. The van der Waals surface area contributed by atoms with Crippen LogP contribution in [0, 0.1) is 12.7 Å². The number of ether oxygens (including phenoxy) is 2. The maximum absolute atomic E-state index is 13.8. The molecule has 0 unspecified atom stereocenters. The van der Waals surface area contributed by atoms with Gasteiger partial charge in [-0.3, -0.25) is 0 Å². The summed E-state index contributed by atoms with van der Waals surface area (Å²) in [5.41, 5.74) is 6.97. The van der Waals surface area contributed by atoms with E-state index in [1.54, 1.807) is 6.92 Å². The molecule has 0 fully saturated rings. The highest BCUT2D eigenvalue weighted by molar-refractivity contribution is 5.48. The van der Waals surface area contributed by atoms with Crippen LogP contribution in [0.3, 0.4) is 0 Å². The Labute approximate surface area is 89.0 Å². The molecular weight excluding hydrogens is 197 g/mol. The quantitative estimate of drug-likeness (QED) is 0.827. The van der Waals surface area contributed by atoms with Crippen LogP contribution < -0.4 is 15.2 Å². The molecule has 0 radical (unpaired) electrons. The highest BCUT2D eigenvalue weighted by atomic mass is 19.1. The Bertz CT molecular complexity index is 353. The first-order valence-electron chi connectivity index (χ1n) is 4.75. The molecule has 4 heteroatoms. The molecule has 3 nitrogen and oxygen atoms in total. The summed E-state index contributed by atoms with van der Waals surface area (Å²) in [5, 5.41) is 0. The first-order valence-corrected chi connectivity index (χ1v) is 4.75. The molecule has 0 aliphatic carbocycles. The van der Waals surface area contributed by atoms with Crippen LogP contribution in [0.5, 0.6) is 11.5 Å². The van der Waals surface area contributed by atoms with Crippen molar-refractivity contribution in [1.82, 2.24) is 0 Å². The van der Waals surface area contributed by atoms with Crippen molar-refractivity contribution in [3.8, 4) is 11.5 Å². The molecule has 1 aromatic rings. The van der Waals surface area contributed by atoms with E-state index in [1.807, 2.05) is 6.07 Å². The third kappa shape index (κ3) is 2.21. The maximum atomic E-state index is 13.8. The van der Waals surface area contributed by atoms with Crippen LogP contribution in [0.15, 0.2) is 6.07 Å². The molecule has 0 saturated carbocycles. The molecule has 0 aliphatic rings. The number of halogens is 1. The van der Waals surface area contributed by atoms with Crippen LogP contribution in [0.4, 0.5) is 4.39 Å². The van der Waals surface area contributed by atoms with Gasteiger partial charge in [0.15, 0.2) is 11.5 Å². The second-order valence-corrected chi connectivity index (χ2v) is 3.27. The molecule has 0 bridgehead atoms. The van der Waals surface area contributed by atoms with E-state index >= 15 is 0 Å². The van der Waals surface area contributed by atoms with E-state index in [-0.39, 0.29) is 11.5 Å². The number of methoxy groups -OCH3 is 2. The lowest BCUT2D eigenvalue weighted by atomic mass is 10.1. The highest BCUT2D eigenvalue weighted by Crippen LogP contribution is 2.33. The van der Waals surface area contributed by atoms with E-state index in [4.69, 9.17) is 15.2 Å². The van der Waals surface area contributed by atoms with Gasteiger partial charge in [0.05, 0.1) is 14.2 Å². The number of benzene rings is 1. The normalized spacial score (nSPS) is 10.2. The van der Waals surface area contributed by atoms with Gasteiger partial charge < -0.3 is 15.2 Å². The van der Waals surface area contributed by atoms with Crippen LogP contribution in [0.2, 0.25) is 0 Å². The Morgan fingerprint density at radius 1 is 1.27 bits per heavy atom. The largest absolute Gasteiger partial charge is 0.493 e. The summed E-state index contributed by atoms with van der Waals surface area (Å²) in [6, 6.07) is 1.84. The van der Waals surface area contributed by atoms with Gasteiger partial charge in [0, 0.05) is 0 Å². The fourth-order valence-corrected chi connectivity index (χ4v) is 1.62. The zero-order valence-electron chi connectivity index (χ0n) is 9.26. The molecule has 0 spiro atoms. The Morgan fingerprint density at radius 3 is 2.33 bits per heavy atom. The van der Waals surface area contributed by atoms with E-state index in [9.17, 15) is 4.39 Å². The fraction of sp³-hybridized carbons (Fsp3) is 0.455. The predicted octanol–water partition coefficient (Wildman–Crippen LogP) is 1.65. The summed E-state index contributed by atoms with van der Waals surface area (Å²) >= 11 is 0. The lowest BCUT2D eigenvalue weighted by molar-refractivity contribution is 0.345. The fourth-order valence-electron chi connectivity index (χ4n) is 1.62. The second kappa shape index (κ2) is 4.98. The molecule has 0 amide bonds. The molecule has 0 saturated heterocycles. The molecule has 1 aromatic carbocycles. The summed E-state index contributed by atoms with van der Waals surface area (Å²) in [6.45, 7) is 2.25. The minimum absolute atomic E-state index is 0.225. The van der Waals surface area contributed by atoms with Crippen molar-refractivity contribution in [2.24, 2.45) is 5.73 Å². The van der Waals surface area contributed by atoms with E-state index in [2.05, 4.69) is 0 Å². The van der Waals surface area contributed by atoms with Crippen LogP contribution in [0.25, 0.3) is 0 Å². The molecule has 2 N–H and O–H groups in total. The van der Waals surface area contributed by atoms with Crippen LogP contribution >= 0.6 is 0 Å². The molecule has 1 rings (SSSR count). The predicted molar refractivity (Wildman–Crippen MR) is 57.0 cm³/mol. The molecule has 0 atom stereocenters. The topological polar surface area (TPSA) is 44.5 Å². The summed E-state index contributed by atoms with van der Waals surface area (Å²) in [5.74, 6) is -0.000952. The van der Waals surface area contributed by atoms with Crippen molar-refractivity contribution in [2.45, 2.75) is 13.3 Å². The summed E-state index contributed by atoms with van der Waals surface area (Å²) in [4.78, 5) is 0. The first kappa shape index (κ1) is 11.8. The summed E-state index contributed by atoms with van der Waals surface area (Å²) in [6.07, 6.45) is 0.588. The maximum Gasteiger partial charge on any atom is 0.207 e. The van der Waals surface area contributed by atoms with Crippen molar-refractivity contribution in [3.05, 3.63) is 23.0 Å². The van der Waals surface area contributed by atoms with Crippen molar-refractivity contribution in [3.63, 3.8) is 0 Å². The van der Waals surface area contributed by atoms with E-state index in [1.165, 1.54) is 14.2 Å². The Hall–Kier alpha value is -1.29. The van der Waals surface area contributed by atoms with Gasteiger partial charge in [-0.1, -0.05) is 0 Å². The van der Waals surface area contributed by atoms with Gasteiger partial charge in [-0.25, -0.2) is 0 Å². The van der Waals surface area contributed by atoms with Crippen molar-refractivity contribution in [2.75, 3.05) is 20.8 Å². The number of aryl methyl sites for hydroxylation is 1. The molecule has 15 heavy (non-hydrogen) atoms. The summed E-state index contributed by atoms with van der Waals surface area (Å²) < 4.78 is 23.8. The van der Waals surface area contributed by atoms with Gasteiger partial charge in [0.2, 0.25) is 5.82 Å². The van der Waals surface area contributed by atoms with Gasteiger partial charge in [-0.05, 0) is 37.1 Å². The van der Waals surface area contributed by atoms with E-state index in [0.29, 0.717) is 13.0 Å². The number of hydrogen-bond acceptors (Lipinski definition) is 3. The van der Waals surface area contributed by atoms with E-state index in [0.717, 1.165) is 11.1 Å². The van der Waals surface area contributed by atoms with E-state index < -0.39 is 5.82 Å². The zero-order valence-corrected chi connectivity index (χ0v) is 9.26. The average molecular weight is 213 g/mol. The lowest BCUT2D eigenvalue weighted by Crippen LogP contribution is -2.07. The van der Waals surface area contributed by atoms with Gasteiger partial charge >= 0.3 is 0 Å². The van der Waals surface area contributed by atoms with Crippen LogP contribution in [0.1, 0.15) is 11.1 Å². The molecule has 0 heterocycles. The SMILES string of the molecule is COc1c(C)cc(CCN)c(OC)c1F. The Balaban J connectivity index is 3.30. The third-order valence-electron chi connectivity index (χ3n) is 2.26. The number of hydrogen-bond donors (Lipinski definition) is 1. The average Bonchev–Trinajstić information content (AvgIpc) is 2.19. The van der Waals surface area contributed by atoms with Crippen LogP contribution in [-0.4, -0.2) is 20.8 Å². The van der Waals surface area contributed by atoms with Crippen molar-refractivity contribution >= 4 is 0 Å². The first-order chi connectivity index (χ1) is 7.15. The van der Waals surface area contributed by atoms with Crippen molar-refractivity contribution < 1.29 is 13.9 Å². The lowest BCUT2D eigenvalue weighted by Gasteiger charge is -2.14. The summed E-state index contributed by atoms with van der Waals surface area (Å²) in [7, 11) is 2.88. The Kier molecular flexibility index (Phi) is 3.91. The molecular formula is C11H16FNO2. The highest BCUT2D eigenvalue weighted by Gasteiger charge is 2.17. The monoisotopic (exact) mass is 213 g/mol. The Morgan fingerprint density at radius 2 is 1.87 bits per heavy atom. The van der Waals surface area contributed by atoms with Gasteiger partial charge in [0.25, 0.3) is 0 Å². The van der Waals surface area contributed by atoms with Gasteiger partial charge in [-0.15, -0.1) is 0 Å². The van der Waals surface area contributed by atoms with Gasteiger partial charge in [0.1, 0.15) is 0 Å². The van der Waals surface area contributed by atoms with Gasteiger partial charge in [-0.2, -0.15) is 4.39 Å². The molecule has 84 valence electrons. The van der Waals surface area contributed by atoms with Crippen molar-refractivity contribution in [1.29, 1.82) is 0 Å².